The van der Waals surface area contributed by atoms with Gasteiger partial charge in [-0.05, 0) is 0 Å². The number of carbonyl (C=O) groups excluding carboxylic acids is 1. The lowest BCUT2D eigenvalue weighted by Gasteiger charge is -1.97. The van der Waals surface area contributed by atoms with Crippen molar-refractivity contribution in [3.8, 4) is 0 Å². The zero-order chi connectivity index (χ0) is 9.90. The molecule has 0 aromatic heterocycles. The minimum atomic E-state index is -2.95. The lowest BCUT2D eigenvalue weighted by Crippen LogP contribution is -2.29. The topological polar surface area (TPSA) is 87.6 Å². The minimum Gasteiger partial charge on any atom is -0.340 e. The van der Waals surface area contributed by atoms with Gasteiger partial charge in [0.1, 0.15) is 0 Å². The van der Waals surface area contributed by atoms with Crippen LogP contribution in [-0.4, -0.2) is 38.7 Å². The Morgan fingerprint density at radius 1 is 1.54 bits per heavy atom. The Labute approximate surface area is 76.3 Å². The maximum absolute atomic E-state index is 10.9. The van der Waals surface area contributed by atoms with Crippen LogP contribution in [-0.2, 0) is 9.84 Å². The molecule has 2 N–H and O–H groups in total. The molecule has 1 aliphatic heterocycles. The minimum absolute atomic E-state index is 0.0446. The molecule has 0 spiro atoms. The number of hydrogen-bond acceptors (Lipinski definition) is 4. The summed E-state index contributed by atoms with van der Waals surface area (Å²) < 4.78 is 21.9. The van der Waals surface area contributed by atoms with Gasteiger partial charge in [-0.25, -0.2) is 18.6 Å². The number of nitrogens with one attached hydrogen (secondary N) is 2. The highest BCUT2D eigenvalue weighted by Crippen LogP contribution is 2.07. The van der Waals surface area contributed by atoms with E-state index < -0.39 is 15.9 Å². The third-order valence-corrected chi connectivity index (χ3v) is 3.23. The molecule has 1 rings (SSSR count). The first kappa shape index (κ1) is 9.97. The van der Waals surface area contributed by atoms with Gasteiger partial charge in [-0.15, -0.1) is 0 Å². The van der Waals surface area contributed by atoms with Crippen LogP contribution in [0.1, 0.15) is 6.42 Å². The lowest BCUT2D eigenvalue weighted by atomic mass is 10.3. The van der Waals surface area contributed by atoms with Gasteiger partial charge in [-0.1, -0.05) is 0 Å². The number of carbonyl (C=O) groups is 1. The molecule has 0 saturated carbocycles. The standard InChI is InChI=1S/C6H11N3O3S/c1-7-6(10)9-8-5-2-3-13(11,12)4-5/h2-4H2,1H3,(H2,7,9,10)/b8-5-. The van der Waals surface area contributed by atoms with Crippen molar-refractivity contribution in [1.82, 2.24) is 10.7 Å². The third-order valence-electron chi connectivity index (χ3n) is 1.63. The Morgan fingerprint density at radius 3 is 2.69 bits per heavy atom. The summed E-state index contributed by atoms with van der Waals surface area (Å²) >= 11 is 0. The molecule has 1 heterocycles. The predicted molar refractivity (Wildman–Crippen MR) is 48.3 cm³/mol. The van der Waals surface area contributed by atoms with Crippen molar-refractivity contribution in [3.63, 3.8) is 0 Å². The lowest BCUT2D eigenvalue weighted by molar-refractivity contribution is 0.243. The van der Waals surface area contributed by atoms with E-state index >= 15 is 0 Å². The van der Waals surface area contributed by atoms with E-state index in [0.717, 1.165) is 0 Å². The summed E-state index contributed by atoms with van der Waals surface area (Å²) in [7, 11) is -1.49. The molecule has 74 valence electrons. The van der Waals surface area contributed by atoms with Gasteiger partial charge < -0.3 is 5.32 Å². The van der Waals surface area contributed by atoms with Crippen LogP contribution < -0.4 is 10.7 Å². The van der Waals surface area contributed by atoms with Crippen LogP contribution in [0.5, 0.6) is 0 Å². The van der Waals surface area contributed by atoms with Gasteiger partial charge >= 0.3 is 6.03 Å². The highest BCUT2D eigenvalue weighted by molar-refractivity contribution is 7.92. The summed E-state index contributed by atoms with van der Waals surface area (Å²) in [5, 5.41) is 5.97. The molecule has 0 bridgehead atoms. The maximum Gasteiger partial charge on any atom is 0.334 e. The zero-order valence-electron chi connectivity index (χ0n) is 7.20. The monoisotopic (exact) mass is 205 g/mol. The van der Waals surface area contributed by atoms with Crippen LogP contribution in [0.25, 0.3) is 0 Å². The molecule has 7 heteroatoms. The zero-order valence-corrected chi connectivity index (χ0v) is 8.02. The van der Waals surface area contributed by atoms with E-state index in [1.165, 1.54) is 7.05 Å². The molecule has 0 radical (unpaired) electrons. The smallest absolute Gasteiger partial charge is 0.334 e. The molecule has 1 fully saturated rings. The van der Waals surface area contributed by atoms with Gasteiger partial charge in [-0.2, -0.15) is 5.10 Å². The fourth-order valence-electron chi connectivity index (χ4n) is 0.945. The number of hydrazone groups is 1. The largest absolute Gasteiger partial charge is 0.340 e. The van der Waals surface area contributed by atoms with Gasteiger partial charge in [-0.3, -0.25) is 0 Å². The van der Waals surface area contributed by atoms with Crippen molar-refractivity contribution in [3.05, 3.63) is 0 Å². The molecule has 0 aromatic rings. The second-order valence-electron chi connectivity index (χ2n) is 2.71. The fraction of sp³-hybridized carbons (Fsp3) is 0.667. The number of hydrogen-bond donors (Lipinski definition) is 2. The van der Waals surface area contributed by atoms with Crippen molar-refractivity contribution in [2.45, 2.75) is 6.42 Å². The Bertz CT molecular complexity index is 333. The highest BCUT2D eigenvalue weighted by atomic mass is 32.2. The fourth-order valence-corrected chi connectivity index (χ4v) is 2.35. The van der Waals surface area contributed by atoms with Crippen LogP contribution in [0.15, 0.2) is 5.10 Å². The Balaban J connectivity index is 2.51. The first-order chi connectivity index (χ1) is 6.03. The third kappa shape index (κ3) is 3.02. The van der Waals surface area contributed by atoms with E-state index in [0.29, 0.717) is 12.1 Å². The van der Waals surface area contributed by atoms with E-state index in [9.17, 15) is 13.2 Å². The van der Waals surface area contributed by atoms with Crippen LogP contribution >= 0.6 is 0 Å². The molecular weight excluding hydrogens is 194 g/mol. The summed E-state index contributed by atoms with van der Waals surface area (Å²) in [6, 6.07) is -0.447. The van der Waals surface area contributed by atoms with Crippen LogP contribution in [0, 0.1) is 0 Å². The van der Waals surface area contributed by atoms with E-state index in [1.54, 1.807) is 0 Å². The van der Waals surface area contributed by atoms with Gasteiger partial charge in [0.2, 0.25) is 0 Å². The van der Waals surface area contributed by atoms with Gasteiger partial charge in [0.05, 0.1) is 17.2 Å². The van der Waals surface area contributed by atoms with Crippen LogP contribution in [0.4, 0.5) is 4.79 Å². The Morgan fingerprint density at radius 2 is 2.23 bits per heavy atom. The van der Waals surface area contributed by atoms with E-state index in [2.05, 4.69) is 15.8 Å². The molecule has 13 heavy (non-hydrogen) atoms. The first-order valence-corrected chi connectivity index (χ1v) is 5.59. The van der Waals surface area contributed by atoms with E-state index in [4.69, 9.17) is 0 Å². The van der Waals surface area contributed by atoms with Crippen molar-refractivity contribution < 1.29 is 13.2 Å². The molecule has 0 aromatic carbocycles. The maximum atomic E-state index is 10.9. The summed E-state index contributed by atoms with van der Waals surface area (Å²) in [4.78, 5) is 10.7. The van der Waals surface area contributed by atoms with Crippen LogP contribution in [0.2, 0.25) is 0 Å². The van der Waals surface area contributed by atoms with Crippen molar-refractivity contribution in [1.29, 1.82) is 0 Å². The number of amides is 2. The van der Waals surface area contributed by atoms with Crippen molar-refractivity contribution in [2.24, 2.45) is 5.10 Å². The molecule has 0 atom stereocenters. The molecule has 1 saturated heterocycles. The number of nitrogens with zero attached hydrogens (tertiary/aromatic N) is 1. The quantitative estimate of drug-likeness (QED) is 0.543. The summed E-state index contributed by atoms with van der Waals surface area (Å²) in [6.45, 7) is 0. The second kappa shape index (κ2) is 3.73. The van der Waals surface area contributed by atoms with E-state index in [1.807, 2.05) is 0 Å². The van der Waals surface area contributed by atoms with Gasteiger partial charge in [0, 0.05) is 13.5 Å². The summed E-state index contributed by atoms with van der Waals surface area (Å²) in [5.41, 5.74) is 2.69. The molecular formula is C6H11N3O3S. The van der Waals surface area contributed by atoms with Crippen LogP contribution in [0.3, 0.4) is 0 Å². The van der Waals surface area contributed by atoms with E-state index in [-0.39, 0.29) is 11.5 Å². The Hall–Kier alpha value is -1.11. The molecule has 2 amide bonds. The number of rotatable bonds is 1. The molecule has 0 unspecified atom stereocenters. The first-order valence-electron chi connectivity index (χ1n) is 3.77. The van der Waals surface area contributed by atoms with Gasteiger partial charge in [0.15, 0.2) is 9.84 Å². The Kier molecular flexibility index (Phi) is 2.86. The average molecular weight is 205 g/mol. The summed E-state index contributed by atoms with van der Waals surface area (Å²) in [5.74, 6) is 0.0816. The molecule has 6 nitrogen and oxygen atoms in total. The van der Waals surface area contributed by atoms with Crippen molar-refractivity contribution >= 4 is 21.6 Å². The van der Waals surface area contributed by atoms with Crippen molar-refractivity contribution in [2.75, 3.05) is 18.6 Å². The number of urea groups is 1. The second-order valence-corrected chi connectivity index (χ2v) is 4.90. The normalized spacial score (nSPS) is 23.0. The highest BCUT2D eigenvalue weighted by Gasteiger charge is 2.23. The average Bonchev–Trinajstić information content (AvgIpc) is 2.41. The number of sulfone groups is 1. The molecule has 0 aliphatic carbocycles. The SMILES string of the molecule is CNC(=O)N/N=C1/CCS(=O)(=O)C1. The van der Waals surface area contributed by atoms with Gasteiger partial charge in [0.25, 0.3) is 0 Å². The molecule has 1 aliphatic rings. The summed E-state index contributed by atoms with van der Waals surface area (Å²) in [6.07, 6.45) is 0.409. The predicted octanol–water partition coefficient (Wildman–Crippen LogP) is -0.910.